The van der Waals surface area contributed by atoms with Gasteiger partial charge in [0.25, 0.3) is 0 Å². The van der Waals surface area contributed by atoms with Gasteiger partial charge >= 0.3 is 37.7 Å². The molecule has 0 aromatic heterocycles. The summed E-state index contributed by atoms with van der Waals surface area (Å²) in [5.41, 5.74) is 0. The summed E-state index contributed by atoms with van der Waals surface area (Å²) in [4.78, 5) is 0. The van der Waals surface area contributed by atoms with Crippen LogP contribution in [0, 0.1) is 0 Å². The maximum atomic E-state index is 9.84. The number of rotatable bonds is 6. The molecule has 0 spiro atoms. The molecule has 12 nitrogen and oxygen atoms in total. The third kappa shape index (κ3) is 12.3. The van der Waals surface area contributed by atoms with E-state index in [-0.39, 0.29) is 46.3 Å². The van der Waals surface area contributed by atoms with Crippen LogP contribution in [-0.2, 0) is 20.6 Å². The van der Waals surface area contributed by atoms with Crippen molar-refractivity contribution in [2.45, 2.75) is 0 Å². The molecule has 15 heteroatoms. The zero-order chi connectivity index (χ0) is 15.0. The van der Waals surface area contributed by atoms with Crippen LogP contribution in [0.1, 0.15) is 0 Å². The van der Waals surface area contributed by atoms with E-state index in [0.29, 0.717) is 0 Å². The Morgan fingerprint density at radius 2 is 0.842 bits per heavy atom. The quantitative estimate of drug-likeness (QED) is 0.203. The smallest absolute Gasteiger partial charge is 0.735 e. The second-order valence-corrected chi connectivity index (χ2v) is 5.13. The van der Waals surface area contributed by atoms with Gasteiger partial charge in [-0.3, -0.25) is 0 Å². The Morgan fingerprint density at radius 1 is 0.684 bits per heavy atom. The molecular weight excluding hydrogens is 340 g/mol. The van der Waals surface area contributed by atoms with Gasteiger partial charge in [-0.1, -0.05) is 0 Å². The summed E-state index contributed by atoms with van der Waals surface area (Å²) in [7, 11) is -9.36. The molecule has 19 heavy (non-hydrogen) atoms. The van der Waals surface area contributed by atoms with Crippen LogP contribution in [-0.4, -0.2) is 120 Å². The fourth-order valence-electron chi connectivity index (χ4n) is 0.372. The number of nitrogens with zero attached hydrogens (tertiary/aromatic N) is 2. The van der Waals surface area contributed by atoms with Crippen molar-refractivity contribution in [2.75, 3.05) is 26.9 Å². The Hall–Kier alpha value is 0.840. The first-order chi connectivity index (χ1) is 8.04. The van der Waals surface area contributed by atoms with E-state index in [4.69, 9.17) is 20.4 Å². The standard InChI is InChI=1S/2C2H7NO5S.Ca/c2*4-1-3(2-5)9(6,7)8;/h2*4-5H,1-2H2,(H,6,7,8);/q;;+2/p-2. The molecule has 0 rings (SSSR count). The van der Waals surface area contributed by atoms with Crippen LogP contribution < -0.4 is 0 Å². The molecule has 0 bridgehead atoms. The summed E-state index contributed by atoms with van der Waals surface area (Å²) in [6.07, 6.45) is 0. The van der Waals surface area contributed by atoms with Crippen LogP contribution in [0.4, 0.5) is 0 Å². The molecule has 0 atom stereocenters. The summed E-state index contributed by atoms with van der Waals surface area (Å²) in [5, 5.41) is 32.2. The second-order valence-electron chi connectivity index (χ2n) is 2.38. The van der Waals surface area contributed by atoms with Gasteiger partial charge in [-0.15, -0.1) is 0 Å². The molecule has 0 unspecified atom stereocenters. The molecular formula is C4H12CaN2O10S2. The summed E-state index contributed by atoms with van der Waals surface area (Å²) >= 11 is 0. The number of hydrogen-bond acceptors (Lipinski definition) is 10. The molecule has 0 aliphatic carbocycles. The van der Waals surface area contributed by atoms with Crippen molar-refractivity contribution in [1.29, 1.82) is 0 Å². The Kier molecular flexibility index (Phi) is 15.0. The third-order valence-corrected chi connectivity index (χ3v) is 2.99. The minimum Gasteiger partial charge on any atom is -0.735 e. The van der Waals surface area contributed by atoms with Gasteiger partial charge in [-0.2, -0.15) is 8.61 Å². The predicted octanol–water partition coefficient (Wildman–Crippen LogP) is -5.08. The van der Waals surface area contributed by atoms with Crippen LogP contribution in [0.15, 0.2) is 0 Å². The van der Waals surface area contributed by atoms with E-state index in [9.17, 15) is 25.9 Å². The van der Waals surface area contributed by atoms with Crippen LogP contribution in [0.2, 0.25) is 0 Å². The van der Waals surface area contributed by atoms with Crippen LogP contribution in [0.3, 0.4) is 0 Å². The summed E-state index contributed by atoms with van der Waals surface area (Å²) in [6, 6.07) is 0. The molecule has 0 saturated heterocycles. The molecule has 0 fully saturated rings. The molecule has 0 aromatic carbocycles. The Morgan fingerprint density at radius 3 is 0.842 bits per heavy atom. The van der Waals surface area contributed by atoms with Gasteiger partial charge in [-0.25, -0.2) is 16.8 Å². The van der Waals surface area contributed by atoms with E-state index in [2.05, 4.69) is 0 Å². The van der Waals surface area contributed by atoms with E-state index < -0.39 is 47.5 Å². The summed E-state index contributed by atoms with van der Waals surface area (Å²) in [6.45, 7) is -3.99. The molecule has 0 amide bonds. The van der Waals surface area contributed by atoms with E-state index in [1.54, 1.807) is 0 Å². The van der Waals surface area contributed by atoms with Crippen LogP contribution >= 0.6 is 0 Å². The van der Waals surface area contributed by atoms with Crippen molar-refractivity contribution in [3.05, 3.63) is 0 Å². The van der Waals surface area contributed by atoms with Gasteiger partial charge in [0.2, 0.25) is 0 Å². The number of aliphatic hydroxyl groups excluding tert-OH is 4. The molecule has 0 saturated carbocycles. The monoisotopic (exact) mass is 352 g/mol. The van der Waals surface area contributed by atoms with Gasteiger partial charge < -0.3 is 29.5 Å². The zero-order valence-electron chi connectivity index (χ0n) is 9.48. The zero-order valence-corrected chi connectivity index (χ0v) is 13.3. The van der Waals surface area contributed by atoms with Gasteiger partial charge in [0.1, 0.15) is 26.9 Å². The molecule has 0 aliphatic heterocycles. The Bertz CT molecular complexity index is 361. The number of aliphatic hydroxyl groups is 4. The SMILES string of the molecule is O=S(=O)([O-])N(CO)CO.O=S(=O)([O-])N(CO)CO.[Ca+2]. The van der Waals surface area contributed by atoms with Crippen molar-refractivity contribution in [1.82, 2.24) is 8.61 Å². The second kappa shape index (κ2) is 11.5. The van der Waals surface area contributed by atoms with Crippen molar-refractivity contribution in [3.8, 4) is 0 Å². The van der Waals surface area contributed by atoms with Gasteiger partial charge in [0.05, 0.1) is 0 Å². The topological polar surface area (TPSA) is 202 Å². The third-order valence-electron chi connectivity index (χ3n) is 1.26. The maximum absolute atomic E-state index is 9.84. The molecule has 0 aromatic rings. The van der Waals surface area contributed by atoms with Crippen molar-refractivity contribution in [2.24, 2.45) is 0 Å². The first-order valence-corrected chi connectivity index (χ1v) is 6.63. The van der Waals surface area contributed by atoms with Crippen molar-refractivity contribution < 1.29 is 46.4 Å². The minimum atomic E-state index is -4.68. The summed E-state index contributed by atoms with van der Waals surface area (Å²) < 4.78 is 59.0. The average Bonchev–Trinajstić information content (AvgIpc) is 2.17. The van der Waals surface area contributed by atoms with Gasteiger partial charge in [0, 0.05) is 0 Å². The van der Waals surface area contributed by atoms with E-state index in [1.165, 1.54) is 0 Å². The van der Waals surface area contributed by atoms with E-state index in [0.717, 1.165) is 0 Å². The van der Waals surface area contributed by atoms with Crippen LogP contribution in [0.5, 0.6) is 0 Å². The van der Waals surface area contributed by atoms with E-state index >= 15 is 0 Å². The van der Waals surface area contributed by atoms with Crippen LogP contribution in [0.25, 0.3) is 0 Å². The first kappa shape index (κ1) is 24.8. The average molecular weight is 352 g/mol. The summed E-state index contributed by atoms with van der Waals surface area (Å²) in [5.74, 6) is 0. The van der Waals surface area contributed by atoms with Crippen molar-refractivity contribution in [3.63, 3.8) is 0 Å². The molecule has 0 aliphatic rings. The normalized spacial score (nSPS) is 11.8. The first-order valence-electron chi connectivity index (χ1n) is 3.89. The Balaban J connectivity index is -0.000000256. The molecule has 112 valence electrons. The van der Waals surface area contributed by atoms with Gasteiger partial charge in [0.15, 0.2) is 20.6 Å². The van der Waals surface area contributed by atoms with E-state index in [1.807, 2.05) is 0 Å². The fraction of sp³-hybridized carbons (Fsp3) is 1.00. The predicted molar refractivity (Wildman–Crippen MR) is 57.2 cm³/mol. The largest absolute Gasteiger partial charge is 2.00 e. The van der Waals surface area contributed by atoms with Crippen molar-refractivity contribution >= 4 is 58.3 Å². The molecule has 0 radical (unpaired) electrons. The molecule has 4 N–H and O–H groups in total. The number of hydrogen-bond donors (Lipinski definition) is 4. The Labute approximate surface area is 139 Å². The molecule has 0 heterocycles. The fourth-order valence-corrected chi connectivity index (χ4v) is 0.938. The minimum absolute atomic E-state index is 0. The van der Waals surface area contributed by atoms with Gasteiger partial charge in [-0.05, 0) is 0 Å². The maximum Gasteiger partial charge on any atom is 2.00 e.